The van der Waals surface area contributed by atoms with Crippen LogP contribution >= 0.6 is 0 Å². The summed E-state index contributed by atoms with van der Waals surface area (Å²) in [5, 5.41) is 12.5. The standard InChI is InChI=1S/C13H18N2O3/c1-18-11-7-3-2-5-9(11)15-13(17)12-10(16)6-4-8-14-12/h4,6,8-9,11,16H,2-3,5,7H2,1H3,(H,15,17)/t9-,11+/m0/s1. The van der Waals surface area contributed by atoms with Crippen molar-refractivity contribution in [2.75, 3.05) is 7.11 Å². The van der Waals surface area contributed by atoms with E-state index in [0.717, 1.165) is 25.7 Å². The van der Waals surface area contributed by atoms with Crippen LogP contribution in [0.4, 0.5) is 0 Å². The second-order valence-corrected chi connectivity index (χ2v) is 4.51. The highest BCUT2D eigenvalue weighted by Crippen LogP contribution is 2.21. The van der Waals surface area contributed by atoms with Crippen molar-refractivity contribution in [1.82, 2.24) is 10.3 Å². The van der Waals surface area contributed by atoms with E-state index in [1.54, 1.807) is 13.2 Å². The Hall–Kier alpha value is -1.62. The molecule has 1 aliphatic rings. The van der Waals surface area contributed by atoms with Gasteiger partial charge >= 0.3 is 0 Å². The van der Waals surface area contributed by atoms with E-state index in [1.807, 2.05) is 0 Å². The van der Waals surface area contributed by atoms with Gasteiger partial charge in [-0.15, -0.1) is 0 Å². The van der Waals surface area contributed by atoms with Gasteiger partial charge in [0.1, 0.15) is 5.75 Å². The highest BCUT2D eigenvalue weighted by Gasteiger charge is 2.27. The number of pyridine rings is 1. The number of aromatic hydroxyl groups is 1. The molecule has 0 unspecified atom stereocenters. The van der Waals surface area contributed by atoms with Crippen molar-refractivity contribution in [3.05, 3.63) is 24.0 Å². The molecule has 1 saturated carbocycles. The fourth-order valence-electron chi connectivity index (χ4n) is 2.35. The minimum absolute atomic E-state index is 0.00217. The van der Waals surface area contributed by atoms with Crippen LogP contribution in [-0.4, -0.2) is 35.3 Å². The Kier molecular flexibility index (Phi) is 4.15. The number of hydrogen-bond acceptors (Lipinski definition) is 4. The van der Waals surface area contributed by atoms with Crippen LogP contribution in [-0.2, 0) is 4.74 Å². The first-order valence-corrected chi connectivity index (χ1v) is 6.20. The summed E-state index contributed by atoms with van der Waals surface area (Å²) in [6.07, 6.45) is 5.60. The summed E-state index contributed by atoms with van der Waals surface area (Å²) in [7, 11) is 1.66. The smallest absolute Gasteiger partial charge is 0.274 e. The maximum Gasteiger partial charge on any atom is 0.274 e. The third-order valence-electron chi connectivity index (χ3n) is 3.32. The van der Waals surface area contributed by atoms with E-state index in [4.69, 9.17) is 4.74 Å². The van der Waals surface area contributed by atoms with E-state index in [0.29, 0.717) is 0 Å². The van der Waals surface area contributed by atoms with E-state index in [2.05, 4.69) is 10.3 Å². The number of amides is 1. The Labute approximate surface area is 106 Å². The third kappa shape index (κ3) is 2.79. The zero-order valence-corrected chi connectivity index (χ0v) is 10.4. The summed E-state index contributed by atoms with van der Waals surface area (Å²) in [4.78, 5) is 15.9. The van der Waals surface area contributed by atoms with Gasteiger partial charge in [0.05, 0.1) is 12.1 Å². The maximum atomic E-state index is 12.0. The van der Waals surface area contributed by atoms with Crippen molar-refractivity contribution in [3.8, 4) is 5.75 Å². The largest absolute Gasteiger partial charge is 0.505 e. The van der Waals surface area contributed by atoms with Gasteiger partial charge in [-0.25, -0.2) is 4.98 Å². The molecule has 0 aliphatic heterocycles. The van der Waals surface area contributed by atoms with Gasteiger partial charge in [-0.05, 0) is 25.0 Å². The highest BCUT2D eigenvalue weighted by atomic mass is 16.5. The average molecular weight is 250 g/mol. The molecule has 1 amide bonds. The summed E-state index contributed by atoms with van der Waals surface area (Å²) in [5.74, 6) is -0.443. The SMILES string of the molecule is CO[C@@H]1CCCC[C@@H]1NC(=O)c1ncccc1O. The van der Waals surface area contributed by atoms with E-state index in [-0.39, 0.29) is 29.5 Å². The minimum Gasteiger partial charge on any atom is -0.505 e. The molecule has 2 rings (SSSR count). The monoisotopic (exact) mass is 250 g/mol. The molecule has 0 aromatic carbocycles. The molecule has 1 aliphatic carbocycles. The number of carbonyl (C=O) groups excluding carboxylic acids is 1. The van der Waals surface area contributed by atoms with Crippen LogP contribution in [0, 0.1) is 0 Å². The Morgan fingerprint density at radius 1 is 1.50 bits per heavy atom. The van der Waals surface area contributed by atoms with Crippen LogP contribution in [0.15, 0.2) is 18.3 Å². The summed E-state index contributed by atoms with van der Waals surface area (Å²) in [5.41, 5.74) is 0.0675. The first kappa shape index (κ1) is 12.8. The first-order valence-electron chi connectivity index (χ1n) is 6.20. The highest BCUT2D eigenvalue weighted by molar-refractivity contribution is 5.94. The molecule has 1 heterocycles. The number of nitrogens with zero attached hydrogens (tertiary/aromatic N) is 1. The lowest BCUT2D eigenvalue weighted by Gasteiger charge is -2.30. The number of ether oxygens (including phenoxy) is 1. The van der Waals surface area contributed by atoms with Crippen molar-refractivity contribution in [2.45, 2.75) is 37.8 Å². The molecule has 18 heavy (non-hydrogen) atoms. The molecular formula is C13H18N2O3. The molecule has 0 spiro atoms. The molecule has 2 atom stereocenters. The van der Waals surface area contributed by atoms with Crippen LogP contribution in [0.25, 0.3) is 0 Å². The normalized spacial score (nSPS) is 23.6. The van der Waals surface area contributed by atoms with Gasteiger partial charge in [-0.1, -0.05) is 12.8 Å². The zero-order valence-electron chi connectivity index (χ0n) is 10.4. The molecule has 2 N–H and O–H groups in total. The Morgan fingerprint density at radius 3 is 3.00 bits per heavy atom. The van der Waals surface area contributed by atoms with Gasteiger partial charge in [-0.2, -0.15) is 0 Å². The summed E-state index contributed by atoms with van der Waals surface area (Å²) in [6.45, 7) is 0. The van der Waals surface area contributed by atoms with Gasteiger partial charge in [0.25, 0.3) is 5.91 Å². The van der Waals surface area contributed by atoms with Gasteiger partial charge in [0.2, 0.25) is 0 Å². The quantitative estimate of drug-likeness (QED) is 0.852. The van der Waals surface area contributed by atoms with Gasteiger partial charge < -0.3 is 15.2 Å². The molecule has 0 bridgehead atoms. The number of aromatic nitrogens is 1. The number of nitrogens with one attached hydrogen (secondary N) is 1. The van der Waals surface area contributed by atoms with Crippen LogP contribution in [0.3, 0.4) is 0 Å². The maximum absolute atomic E-state index is 12.0. The number of carbonyl (C=O) groups is 1. The molecular weight excluding hydrogens is 232 g/mol. The fraction of sp³-hybridized carbons (Fsp3) is 0.538. The number of hydrogen-bond donors (Lipinski definition) is 2. The number of methoxy groups -OCH3 is 1. The second-order valence-electron chi connectivity index (χ2n) is 4.51. The second kappa shape index (κ2) is 5.82. The fourth-order valence-corrected chi connectivity index (χ4v) is 2.35. The predicted octanol–water partition coefficient (Wildman–Crippen LogP) is 1.47. The van der Waals surface area contributed by atoms with E-state index < -0.39 is 0 Å². The first-order chi connectivity index (χ1) is 8.72. The molecule has 1 fully saturated rings. The van der Waals surface area contributed by atoms with E-state index in [9.17, 15) is 9.90 Å². The molecule has 5 nitrogen and oxygen atoms in total. The van der Waals surface area contributed by atoms with Crippen molar-refractivity contribution in [1.29, 1.82) is 0 Å². The molecule has 0 saturated heterocycles. The van der Waals surface area contributed by atoms with Crippen molar-refractivity contribution in [2.24, 2.45) is 0 Å². The molecule has 1 aromatic heterocycles. The van der Waals surface area contributed by atoms with Crippen molar-refractivity contribution in [3.63, 3.8) is 0 Å². The third-order valence-corrected chi connectivity index (χ3v) is 3.32. The average Bonchev–Trinajstić information content (AvgIpc) is 2.39. The summed E-state index contributed by atoms with van der Waals surface area (Å²) in [6, 6.07) is 3.04. The van der Waals surface area contributed by atoms with Crippen LogP contribution < -0.4 is 5.32 Å². The van der Waals surface area contributed by atoms with Gasteiger partial charge in [0, 0.05) is 13.3 Å². The lowest BCUT2D eigenvalue weighted by atomic mass is 9.92. The van der Waals surface area contributed by atoms with Crippen molar-refractivity contribution >= 4 is 5.91 Å². The van der Waals surface area contributed by atoms with Gasteiger partial charge in [-0.3, -0.25) is 4.79 Å². The van der Waals surface area contributed by atoms with Crippen molar-refractivity contribution < 1.29 is 14.6 Å². The van der Waals surface area contributed by atoms with E-state index in [1.165, 1.54) is 12.3 Å². The number of rotatable bonds is 3. The minimum atomic E-state index is -0.345. The summed E-state index contributed by atoms with van der Waals surface area (Å²) < 4.78 is 5.37. The van der Waals surface area contributed by atoms with Gasteiger partial charge in [0.15, 0.2) is 5.69 Å². The molecule has 0 radical (unpaired) electrons. The predicted molar refractivity (Wildman–Crippen MR) is 66.4 cm³/mol. The lowest BCUT2D eigenvalue weighted by Crippen LogP contribution is -2.46. The van der Waals surface area contributed by atoms with Crippen LogP contribution in [0.5, 0.6) is 5.75 Å². The molecule has 1 aromatic rings. The molecule has 98 valence electrons. The Morgan fingerprint density at radius 2 is 2.28 bits per heavy atom. The Balaban J connectivity index is 2.04. The Bertz CT molecular complexity index is 422. The topological polar surface area (TPSA) is 71.5 Å². The van der Waals surface area contributed by atoms with Crippen LogP contribution in [0.1, 0.15) is 36.2 Å². The van der Waals surface area contributed by atoms with E-state index >= 15 is 0 Å². The zero-order chi connectivity index (χ0) is 13.0. The lowest BCUT2D eigenvalue weighted by molar-refractivity contribution is 0.0390. The summed E-state index contributed by atoms with van der Waals surface area (Å²) >= 11 is 0. The molecule has 5 heteroatoms. The van der Waals surface area contributed by atoms with Crippen LogP contribution in [0.2, 0.25) is 0 Å².